The quantitative estimate of drug-likeness (QED) is 0.769. The van der Waals surface area contributed by atoms with Gasteiger partial charge in [0.15, 0.2) is 0 Å². The Labute approximate surface area is 112 Å². The zero-order valence-electron chi connectivity index (χ0n) is 11.4. The highest BCUT2D eigenvalue weighted by molar-refractivity contribution is 6.02. The third kappa shape index (κ3) is 2.73. The van der Waals surface area contributed by atoms with Gasteiger partial charge in [-0.15, -0.1) is 0 Å². The molecule has 19 heavy (non-hydrogen) atoms. The van der Waals surface area contributed by atoms with Crippen molar-refractivity contribution in [2.24, 2.45) is 0 Å². The molecule has 0 bridgehead atoms. The third-order valence-corrected chi connectivity index (χ3v) is 3.39. The number of aromatic nitrogens is 1. The molecule has 2 rings (SSSR count). The summed E-state index contributed by atoms with van der Waals surface area (Å²) in [7, 11) is 1.80. The van der Waals surface area contributed by atoms with E-state index in [4.69, 9.17) is 0 Å². The number of carbonyl (C=O) groups is 2. The minimum Gasteiger partial charge on any atom is -0.373 e. The fourth-order valence-electron chi connectivity index (χ4n) is 1.97. The van der Waals surface area contributed by atoms with Crippen molar-refractivity contribution in [2.75, 3.05) is 18.9 Å². The fourth-order valence-corrected chi connectivity index (χ4v) is 1.97. The van der Waals surface area contributed by atoms with Crippen LogP contribution in [0.1, 0.15) is 19.4 Å². The van der Waals surface area contributed by atoms with E-state index in [0.29, 0.717) is 6.54 Å². The highest BCUT2D eigenvalue weighted by Crippen LogP contribution is 2.21. The summed E-state index contributed by atoms with van der Waals surface area (Å²) in [6.45, 7) is 4.35. The van der Waals surface area contributed by atoms with Crippen molar-refractivity contribution in [3.05, 3.63) is 23.9 Å². The molecule has 0 aromatic carbocycles. The number of nitrogens with zero attached hydrogens (tertiary/aromatic N) is 2. The van der Waals surface area contributed by atoms with Crippen molar-refractivity contribution in [3.8, 4) is 0 Å². The molecule has 2 amide bonds. The van der Waals surface area contributed by atoms with Crippen LogP contribution in [0.15, 0.2) is 18.3 Å². The van der Waals surface area contributed by atoms with E-state index in [1.165, 1.54) is 0 Å². The zero-order valence-corrected chi connectivity index (χ0v) is 11.4. The molecule has 0 unspecified atom stereocenters. The Morgan fingerprint density at radius 2 is 2.16 bits per heavy atom. The minimum atomic E-state index is -0.699. The van der Waals surface area contributed by atoms with Crippen molar-refractivity contribution in [1.82, 2.24) is 15.2 Å². The predicted molar refractivity (Wildman–Crippen MR) is 71.4 cm³/mol. The molecular formula is C13H18N4O2. The molecule has 6 nitrogen and oxygen atoms in total. The predicted octanol–water partition coefficient (Wildman–Crippen LogP) is 0.360. The Morgan fingerprint density at radius 3 is 2.74 bits per heavy atom. The molecule has 0 saturated carbocycles. The minimum absolute atomic E-state index is 0.215. The second kappa shape index (κ2) is 4.97. The van der Waals surface area contributed by atoms with E-state index in [0.717, 1.165) is 11.4 Å². The van der Waals surface area contributed by atoms with Crippen LogP contribution >= 0.6 is 0 Å². The van der Waals surface area contributed by atoms with Gasteiger partial charge < -0.3 is 5.32 Å². The van der Waals surface area contributed by atoms with Gasteiger partial charge in [-0.2, -0.15) is 0 Å². The number of piperazine rings is 1. The van der Waals surface area contributed by atoms with Gasteiger partial charge in [0, 0.05) is 19.8 Å². The van der Waals surface area contributed by atoms with E-state index in [9.17, 15) is 9.59 Å². The molecule has 0 spiro atoms. The van der Waals surface area contributed by atoms with E-state index < -0.39 is 5.54 Å². The van der Waals surface area contributed by atoms with Gasteiger partial charge in [0.25, 0.3) is 0 Å². The average molecular weight is 262 g/mol. The van der Waals surface area contributed by atoms with Crippen molar-refractivity contribution in [2.45, 2.75) is 25.9 Å². The van der Waals surface area contributed by atoms with Crippen LogP contribution in [-0.4, -0.2) is 40.8 Å². The van der Waals surface area contributed by atoms with E-state index in [1.807, 2.05) is 30.9 Å². The molecule has 1 aromatic heterocycles. The second-order valence-corrected chi connectivity index (χ2v) is 5.09. The first kappa shape index (κ1) is 13.5. The van der Waals surface area contributed by atoms with Gasteiger partial charge in [-0.1, -0.05) is 6.07 Å². The smallest absolute Gasteiger partial charge is 0.246 e. The molecule has 1 aliphatic rings. The zero-order chi connectivity index (χ0) is 14.0. The van der Waals surface area contributed by atoms with Crippen LogP contribution in [0.5, 0.6) is 0 Å². The number of pyridine rings is 1. The SMILES string of the molecule is CNc1ccc(CN2CC(=O)NC(=O)C2(C)C)cn1. The molecule has 0 radical (unpaired) electrons. The third-order valence-electron chi connectivity index (χ3n) is 3.39. The molecule has 1 aliphatic heterocycles. The van der Waals surface area contributed by atoms with Crippen molar-refractivity contribution >= 4 is 17.6 Å². The summed E-state index contributed by atoms with van der Waals surface area (Å²) in [5.41, 5.74) is 0.268. The Balaban J connectivity index is 2.15. The van der Waals surface area contributed by atoms with Gasteiger partial charge in [-0.3, -0.25) is 19.8 Å². The van der Waals surface area contributed by atoms with E-state index in [-0.39, 0.29) is 18.4 Å². The molecule has 2 N–H and O–H groups in total. The number of hydrogen-bond acceptors (Lipinski definition) is 5. The van der Waals surface area contributed by atoms with Crippen LogP contribution in [0.3, 0.4) is 0 Å². The normalized spacial score (nSPS) is 19.1. The Kier molecular flexibility index (Phi) is 3.53. The van der Waals surface area contributed by atoms with Crippen molar-refractivity contribution < 1.29 is 9.59 Å². The number of hydrogen-bond donors (Lipinski definition) is 2. The Morgan fingerprint density at radius 1 is 1.42 bits per heavy atom. The number of nitrogens with one attached hydrogen (secondary N) is 2. The van der Waals surface area contributed by atoms with Gasteiger partial charge in [-0.05, 0) is 25.5 Å². The lowest BCUT2D eigenvalue weighted by Gasteiger charge is -2.40. The number of imide groups is 1. The molecule has 1 saturated heterocycles. The first-order valence-electron chi connectivity index (χ1n) is 6.15. The maximum Gasteiger partial charge on any atom is 0.246 e. The van der Waals surface area contributed by atoms with Crippen LogP contribution in [0.4, 0.5) is 5.82 Å². The maximum absolute atomic E-state index is 11.8. The lowest BCUT2D eigenvalue weighted by molar-refractivity contribution is -0.145. The molecular weight excluding hydrogens is 244 g/mol. The maximum atomic E-state index is 11.8. The molecule has 0 aliphatic carbocycles. The molecule has 6 heteroatoms. The van der Waals surface area contributed by atoms with Crippen molar-refractivity contribution in [3.63, 3.8) is 0 Å². The molecule has 0 atom stereocenters. The monoisotopic (exact) mass is 262 g/mol. The van der Waals surface area contributed by atoms with Crippen molar-refractivity contribution in [1.29, 1.82) is 0 Å². The summed E-state index contributed by atoms with van der Waals surface area (Å²) in [6.07, 6.45) is 1.75. The number of carbonyl (C=O) groups excluding carboxylic acids is 2. The molecule has 2 heterocycles. The largest absolute Gasteiger partial charge is 0.373 e. The van der Waals surface area contributed by atoms with E-state index in [1.54, 1.807) is 13.2 Å². The number of amides is 2. The van der Waals surface area contributed by atoms with Crippen LogP contribution in [0.2, 0.25) is 0 Å². The first-order chi connectivity index (χ1) is 8.93. The average Bonchev–Trinajstić information content (AvgIpc) is 2.37. The topological polar surface area (TPSA) is 74.3 Å². The highest BCUT2D eigenvalue weighted by atomic mass is 16.2. The molecule has 1 aromatic rings. The molecule has 1 fully saturated rings. The van der Waals surface area contributed by atoms with E-state index >= 15 is 0 Å². The summed E-state index contributed by atoms with van der Waals surface area (Å²) in [5, 5.41) is 5.30. The summed E-state index contributed by atoms with van der Waals surface area (Å²) in [5.74, 6) is 0.267. The summed E-state index contributed by atoms with van der Waals surface area (Å²) in [6, 6.07) is 3.81. The lowest BCUT2D eigenvalue weighted by Crippen LogP contribution is -2.63. The van der Waals surface area contributed by atoms with Gasteiger partial charge >= 0.3 is 0 Å². The fraction of sp³-hybridized carbons (Fsp3) is 0.462. The van der Waals surface area contributed by atoms with Gasteiger partial charge in [0.1, 0.15) is 5.82 Å². The van der Waals surface area contributed by atoms with Gasteiger partial charge in [0.2, 0.25) is 11.8 Å². The summed E-state index contributed by atoms with van der Waals surface area (Å²) >= 11 is 0. The van der Waals surface area contributed by atoms with Crippen LogP contribution < -0.4 is 10.6 Å². The van der Waals surface area contributed by atoms with Crippen LogP contribution in [0, 0.1) is 0 Å². The Bertz CT molecular complexity index is 496. The summed E-state index contributed by atoms with van der Waals surface area (Å²) < 4.78 is 0. The highest BCUT2D eigenvalue weighted by Gasteiger charge is 2.40. The van der Waals surface area contributed by atoms with Gasteiger partial charge in [-0.25, -0.2) is 4.98 Å². The van der Waals surface area contributed by atoms with E-state index in [2.05, 4.69) is 15.6 Å². The second-order valence-electron chi connectivity index (χ2n) is 5.09. The standard InChI is InChI=1S/C13H18N4O2/c1-13(2)12(19)16-11(18)8-17(13)7-9-4-5-10(14-3)15-6-9/h4-6H,7-8H2,1-3H3,(H,14,15)(H,16,18,19). The van der Waals surface area contributed by atoms with Crippen LogP contribution in [-0.2, 0) is 16.1 Å². The lowest BCUT2D eigenvalue weighted by atomic mass is 9.98. The summed E-state index contributed by atoms with van der Waals surface area (Å²) in [4.78, 5) is 29.4. The Hall–Kier alpha value is -1.95. The number of anilines is 1. The molecule has 102 valence electrons. The van der Waals surface area contributed by atoms with Crippen LogP contribution in [0.25, 0.3) is 0 Å². The first-order valence-corrected chi connectivity index (χ1v) is 6.15. The number of rotatable bonds is 3. The van der Waals surface area contributed by atoms with Gasteiger partial charge in [0.05, 0.1) is 12.1 Å².